The van der Waals surface area contributed by atoms with Crippen LogP contribution >= 0.6 is 23.6 Å². The highest BCUT2D eigenvalue weighted by molar-refractivity contribution is 7.80. The molecule has 3 N–H and O–H groups in total. The molecule has 1 heterocycles. The summed E-state index contributed by atoms with van der Waals surface area (Å²) in [5.41, 5.74) is 5.74. The maximum atomic E-state index is 10.6. The van der Waals surface area contributed by atoms with Crippen LogP contribution in [0.1, 0.15) is 4.88 Å². The van der Waals surface area contributed by atoms with Crippen molar-refractivity contribution < 1.29 is 23.1 Å². The van der Waals surface area contributed by atoms with Gasteiger partial charge in [0.15, 0.2) is 0 Å². The Morgan fingerprint density at radius 1 is 1.50 bits per heavy atom. The summed E-state index contributed by atoms with van der Waals surface area (Å²) in [6.45, 7) is 0. The fourth-order valence-corrected chi connectivity index (χ4v) is 1.94. The molecule has 0 spiro atoms. The van der Waals surface area contributed by atoms with Gasteiger partial charge in [-0.05, 0) is 18.2 Å². The Labute approximate surface area is 134 Å². The summed E-state index contributed by atoms with van der Waals surface area (Å²) in [4.78, 5) is 12.0. The molecule has 0 unspecified atom stereocenters. The number of aliphatic carboxylic acids is 1. The first-order valence-electron chi connectivity index (χ1n) is 5.48. The van der Waals surface area contributed by atoms with Gasteiger partial charge in [-0.15, -0.1) is 11.3 Å². The number of rotatable bonds is 3. The third kappa shape index (κ3) is 7.05. The van der Waals surface area contributed by atoms with Crippen molar-refractivity contribution in [2.45, 2.75) is 6.18 Å². The van der Waals surface area contributed by atoms with Gasteiger partial charge in [0.1, 0.15) is 11.1 Å². The van der Waals surface area contributed by atoms with E-state index in [1.165, 1.54) is 0 Å². The van der Waals surface area contributed by atoms with Gasteiger partial charge in [-0.3, -0.25) is 0 Å². The summed E-state index contributed by atoms with van der Waals surface area (Å²) in [5, 5.41) is 17.0. The molecule has 0 atom stereocenters. The number of hydrogen-bond acceptors (Lipinski definition) is 5. The van der Waals surface area contributed by atoms with Crippen molar-refractivity contribution >= 4 is 45.6 Å². The molecule has 1 rings (SSSR count). The molecule has 0 saturated carbocycles. The Balaban J connectivity index is 0.000000534. The van der Waals surface area contributed by atoms with E-state index in [0.29, 0.717) is 5.57 Å². The van der Waals surface area contributed by atoms with Crippen LogP contribution in [0.15, 0.2) is 17.7 Å². The molecular weight excluding hydrogens is 339 g/mol. The monoisotopic (exact) mass is 351 g/mol. The van der Waals surface area contributed by atoms with Gasteiger partial charge in [0.05, 0.1) is 10.6 Å². The smallest absolute Gasteiger partial charge is 0.475 e. The fourth-order valence-electron chi connectivity index (χ4n) is 0.961. The van der Waals surface area contributed by atoms with E-state index >= 15 is 0 Å². The molecule has 1 aromatic rings. The van der Waals surface area contributed by atoms with Crippen LogP contribution in [0.25, 0.3) is 6.08 Å². The van der Waals surface area contributed by atoms with Crippen molar-refractivity contribution in [3.8, 4) is 6.07 Å². The molecule has 0 radical (unpaired) electrons. The van der Waals surface area contributed by atoms with E-state index in [1.807, 2.05) is 37.2 Å². The molecule has 10 heteroatoms. The molecule has 0 fully saturated rings. The molecule has 1 aromatic heterocycles. The van der Waals surface area contributed by atoms with Gasteiger partial charge in [-0.2, -0.15) is 18.4 Å². The van der Waals surface area contributed by atoms with Gasteiger partial charge >= 0.3 is 12.1 Å². The van der Waals surface area contributed by atoms with E-state index in [-0.39, 0.29) is 4.99 Å². The fraction of sp³-hybridized carbons (Fsp3) is 0.250. The van der Waals surface area contributed by atoms with Gasteiger partial charge in [0.2, 0.25) is 0 Å². The van der Waals surface area contributed by atoms with Crippen molar-refractivity contribution in [3.05, 3.63) is 22.6 Å². The minimum Gasteiger partial charge on any atom is -0.475 e. The number of anilines is 1. The van der Waals surface area contributed by atoms with Gasteiger partial charge in [-0.25, -0.2) is 4.79 Å². The maximum Gasteiger partial charge on any atom is 0.490 e. The Morgan fingerprint density at radius 2 is 2.00 bits per heavy atom. The highest BCUT2D eigenvalue weighted by atomic mass is 32.1. The Kier molecular flexibility index (Phi) is 7.55. The van der Waals surface area contributed by atoms with E-state index in [2.05, 4.69) is 0 Å². The molecule has 120 valence electrons. The van der Waals surface area contributed by atoms with E-state index in [4.69, 9.17) is 33.1 Å². The SMILES string of the molecule is CN(C)c1ccc(/C=C(\C#N)C(N)=S)s1.O=C(O)C(F)(F)F. The third-order valence-electron chi connectivity index (χ3n) is 1.97. The van der Waals surface area contributed by atoms with E-state index in [1.54, 1.807) is 17.4 Å². The van der Waals surface area contributed by atoms with Crippen LogP contribution < -0.4 is 10.6 Å². The van der Waals surface area contributed by atoms with Crippen LogP contribution in [0.5, 0.6) is 0 Å². The van der Waals surface area contributed by atoms with Crippen molar-refractivity contribution in [2.75, 3.05) is 19.0 Å². The minimum absolute atomic E-state index is 0.136. The second-order valence-corrected chi connectivity index (χ2v) is 5.44. The standard InChI is InChI=1S/C10H11N3S2.C2HF3O2/c1-13(2)9-4-3-8(15-9)5-7(6-11)10(12)14;3-2(4,5)1(6)7/h3-5H,1-2H3,(H2,12,14);(H,6,7)/b7-5+;. The summed E-state index contributed by atoms with van der Waals surface area (Å²) in [5.74, 6) is -2.76. The molecular formula is C12H12F3N3O2S2. The largest absolute Gasteiger partial charge is 0.490 e. The molecule has 0 aromatic carbocycles. The number of nitrogens with two attached hydrogens (primary N) is 1. The van der Waals surface area contributed by atoms with Crippen molar-refractivity contribution in [3.63, 3.8) is 0 Å². The van der Waals surface area contributed by atoms with E-state index < -0.39 is 12.1 Å². The number of nitriles is 1. The van der Waals surface area contributed by atoms with Crippen LogP contribution in [0.3, 0.4) is 0 Å². The number of halogens is 3. The lowest BCUT2D eigenvalue weighted by molar-refractivity contribution is -0.192. The van der Waals surface area contributed by atoms with Gasteiger partial charge in [0, 0.05) is 19.0 Å². The van der Waals surface area contributed by atoms with E-state index in [0.717, 1.165) is 9.88 Å². The van der Waals surface area contributed by atoms with Crippen LogP contribution in [-0.2, 0) is 4.79 Å². The molecule has 0 saturated heterocycles. The lowest BCUT2D eigenvalue weighted by Crippen LogP contribution is -2.21. The van der Waals surface area contributed by atoms with Gasteiger partial charge in [-0.1, -0.05) is 12.2 Å². The predicted octanol–water partition coefficient (Wildman–Crippen LogP) is 2.64. The van der Waals surface area contributed by atoms with Gasteiger partial charge in [0.25, 0.3) is 0 Å². The molecule has 0 aliphatic rings. The van der Waals surface area contributed by atoms with Crippen molar-refractivity contribution in [1.82, 2.24) is 0 Å². The molecule has 0 aliphatic carbocycles. The highest BCUT2D eigenvalue weighted by Crippen LogP contribution is 2.25. The number of nitrogens with zero attached hydrogens (tertiary/aromatic N) is 2. The lowest BCUT2D eigenvalue weighted by Gasteiger charge is -2.06. The second kappa shape index (κ2) is 8.35. The number of carbonyl (C=O) groups is 1. The number of hydrogen-bond donors (Lipinski definition) is 2. The Hall–Kier alpha value is -2.12. The summed E-state index contributed by atoms with van der Waals surface area (Å²) < 4.78 is 31.7. The molecule has 22 heavy (non-hydrogen) atoms. The normalized spacial score (nSPS) is 11.0. The number of thiophene rings is 1. The summed E-state index contributed by atoms with van der Waals surface area (Å²) in [7, 11) is 3.94. The quantitative estimate of drug-likeness (QED) is 0.494. The van der Waals surface area contributed by atoms with Crippen LogP contribution in [-0.4, -0.2) is 36.3 Å². The average molecular weight is 351 g/mol. The van der Waals surface area contributed by atoms with Crippen molar-refractivity contribution in [2.24, 2.45) is 5.73 Å². The predicted molar refractivity (Wildman–Crippen MR) is 82.7 cm³/mol. The zero-order valence-corrected chi connectivity index (χ0v) is 13.1. The molecule has 0 bridgehead atoms. The number of carboxylic acids is 1. The van der Waals surface area contributed by atoms with Crippen LogP contribution in [0, 0.1) is 11.3 Å². The van der Waals surface area contributed by atoms with Crippen molar-refractivity contribution in [1.29, 1.82) is 5.26 Å². The third-order valence-corrected chi connectivity index (χ3v) is 3.39. The Bertz CT molecular complexity index is 616. The number of carboxylic acid groups (broad SMARTS) is 1. The number of alkyl halides is 3. The van der Waals surface area contributed by atoms with Crippen LogP contribution in [0.4, 0.5) is 18.2 Å². The van der Waals surface area contributed by atoms with Crippen LogP contribution in [0.2, 0.25) is 0 Å². The molecule has 5 nitrogen and oxygen atoms in total. The minimum atomic E-state index is -5.08. The Morgan fingerprint density at radius 3 is 2.27 bits per heavy atom. The van der Waals surface area contributed by atoms with E-state index in [9.17, 15) is 13.2 Å². The maximum absolute atomic E-state index is 10.6. The highest BCUT2D eigenvalue weighted by Gasteiger charge is 2.38. The zero-order chi connectivity index (χ0) is 17.5. The molecule has 0 aliphatic heterocycles. The summed E-state index contributed by atoms with van der Waals surface area (Å²) in [6, 6.07) is 5.91. The first kappa shape index (κ1) is 19.9. The van der Waals surface area contributed by atoms with Gasteiger partial charge < -0.3 is 15.7 Å². The molecule has 0 amide bonds. The number of thiocarbonyl (C=S) groups is 1. The lowest BCUT2D eigenvalue weighted by atomic mass is 10.2. The topological polar surface area (TPSA) is 90.4 Å². The first-order chi connectivity index (χ1) is 9.98. The summed E-state index contributed by atoms with van der Waals surface area (Å²) >= 11 is 6.34. The zero-order valence-electron chi connectivity index (χ0n) is 11.5. The second-order valence-electron chi connectivity index (χ2n) is 3.91. The summed E-state index contributed by atoms with van der Waals surface area (Å²) in [6.07, 6.45) is -3.38. The average Bonchev–Trinajstić information content (AvgIpc) is 2.83. The first-order valence-corrected chi connectivity index (χ1v) is 6.70.